The van der Waals surface area contributed by atoms with Crippen LogP contribution in [0, 0.1) is 11.3 Å². The van der Waals surface area contributed by atoms with Crippen LogP contribution in [0.3, 0.4) is 0 Å². The van der Waals surface area contributed by atoms with Crippen LogP contribution in [0.25, 0.3) is 6.08 Å². The Morgan fingerprint density at radius 1 is 1.04 bits per heavy atom. The molecule has 0 spiro atoms. The van der Waals surface area contributed by atoms with Crippen LogP contribution in [0.15, 0.2) is 17.0 Å². The van der Waals surface area contributed by atoms with Crippen LogP contribution in [0.1, 0.15) is 77.5 Å². The van der Waals surface area contributed by atoms with Gasteiger partial charge in [-0.3, -0.25) is 0 Å². The molecule has 0 radical (unpaired) electrons. The average molecular weight is 405 g/mol. The van der Waals surface area contributed by atoms with E-state index in [4.69, 9.17) is 0 Å². The van der Waals surface area contributed by atoms with Gasteiger partial charge in [-0.15, -0.1) is 0 Å². The van der Waals surface area contributed by atoms with Gasteiger partial charge in [-0.2, -0.15) is 9.57 Å². The molecule has 0 amide bonds. The maximum atomic E-state index is 12.9. The number of phenols is 1. The van der Waals surface area contributed by atoms with E-state index in [2.05, 4.69) is 0 Å². The predicted octanol–water partition coefficient (Wildman–Crippen LogP) is 4.67. The number of hydrogen-bond donors (Lipinski definition) is 1. The lowest BCUT2D eigenvalue weighted by atomic mass is 9.78. The van der Waals surface area contributed by atoms with E-state index < -0.39 is 10.0 Å². The SMILES string of the molecule is CC(C)(C)c1cc(/C=C(/C#N)S(=O)(=O)N2CCCCC2)cc(C(C)(C)C)c1O. The third-order valence-electron chi connectivity index (χ3n) is 5.09. The van der Waals surface area contributed by atoms with E-state index in [0.717, 1.165) is 30.4 Å². The largest absolute Gasteiger partial charge is 0.507 e. The van der Waals surface area contributed by atoms with Gasteiger partial charge >= 0.3 is 0 Å². The van der Waals surface area contributed by atoms with Gasteiger partial charge in [-0.25, -0.2) is 8.42 Å². The van der Waals surface area contributed by atoms with Crippen molar-refractivity contribution < 1.29 is 13.5 Å². The number of aromatic hydroxyl groups is 1. The summed E-state index contributed by atoms with van der Waals surface area (Å²) in [4.78, 5) is -0.250. The summed E-state index contributed by atoms with van der Waals surface area (Å²) in [6.07, 6.45) is 4.09. The van der Waals surface area contributed by atoms with Crippen LogP contribution in [-0.2, 0) is 20.9 Å². The van der Waals surface area contributed by atoms with Crippen molar-refractivity contribution in [1.82, 2.24) is 4.31 Å². The number of sulfonamides is 1. The fourth-order valence-corrected chi connectivity index (χ4v) is 4.86. The topological polar surface area (TPSA) is 81.4 Å². The Morgan fingerprint density at radius 2 is 1.50 bits per heavy atom. The van der Waals surface area contributed by atoms with E-state index in [0.29, 0.717) is 18.7 Å². The lowest BCUT2D eigenvalue weighted by molar-refractivity contribution is 0.350. The van der Waals surface area contributed by atoms with Crippen LogP contribution in [-0.4, -0.2) is 30.9 Å². The lowest BCUT2D eigenvalue weighted by Gasteiger charge is -2.28. The number of allylic oxidation sites excluding steroid dienone is 1. The van der Waals surface area contributed by atoms with Gasteiger partial charge < -0.3 is 5.11 Å². The number of nitriles is 1. The molecule has 6 heteroatoms. The number of piperidine rings is 1. The molecular formula is C22H32N2O3S. The highest BCUT2D eigenvalue weighted by Crippen LogP contribution is 2.40. The molecule has 1 aromatic carbocycles. The Kier molecular flexibility index (Phi) is 6.32. The summed E-state index contributed by atoms with van der Waals surface area (Å²) in [5.41, 5.74) is 1.43. The second-order valence-corrected chi connectivity index (χ2v) is 11.5. The predicted molar refractivity (Wildman–Crippen MR) is 113 cm³/mol. The van der Waals surface area contributed by atoms with Gasteiger partial charge in [0.1, 0.15) is 11.8 Å². The van der Waals surface area contributed by atoms with Crippen molar-refractivity contribution in [3.8, 4) is 11.8 Å². The highest BCUT2D eigenvalue weighted by Gasteiger charge is 2.30. The molecule has 0 atom stereocenters. The molecule has 1 N–H and O–H groups in total. The molecule has 0 bridgehead atoms. The molecule has 2 rings (SSSR count). The summed E-state index contributed by atoms with van der Waals surface area (Å²) in [6.45, 7) is 12.9. The number of phenolic OH excluding ortho intramolecular Hbond substituents is 1. The molecule has 1 aromatic rings. The van der Waals surface area contributed by atoms with Gasteiger partial charge in [0.25, 0.3) is 10.0 Å². The summed E-state index contributed by atoms with van der Waals surface area (Å²) in [7, 11) is -3.81. The molecule has 5 nitrogen and oxygen atoms in total. The first-order chi connectivity index (χ1) is 12.8. The molecule has 28 heavy (non-hydrogen) atoms. The molecule has 0 unspecified atom stereocenters. The van der Waals surface area contributed by atoms with E-state index in [1.54, 1.807) is 12.1 Å². The standard InChI is InChI=1S/C22H32N2O3S/c1-21(2,3)18-13-16(14-19(20(18)25)22(4,5)6)12-17(15-23)28(26,27)24-10-8-7-9-11-24/h12-14,25H,7-11H2,1-6H3/b17-12-. The van der Waals surface area contributed by atoms with Gasteiger partial charge in [0.15, 0.2) is 4.91 Å². The zero-order valence-corrected chi connectivity index (χ0v) is 18.7. The highest BCUT2D eigenvalue weighted by atomic mass is 32.2. The molecule has 1 fully saturated rings. The summed E-state index contributed by atoms with van der Waals surface area (Å²) in [5.74, 6) is 0.231. The summed E-state index contributed by atoms with van der Waals surface area (Å²) < 4.78 is 27.3. The quantitative estimate of drug-likeness (QED) is 0.743. The van der Waals surface area contributed by atoms with Gasteiger partial charge in [0, 0.05) is 24.2 Å². The lowest BCUT2D eigenvalue weighted by Crippen LogP contribution is -2.36. The molecule has 0 saturated carbocycles. The summed E-state index contributed by atoms with van der Waals surface area (Å²) >= 11 is 0. The van der Waals surface area contributed by atoms with Crippen LogP contribution in [0.2, 0.25) is 0 Å². The fraction of sp³-hybridized carbons (Fsp3) is 0.591. The third-order valence-corrected chi connectivity index (χ3v) is 6.90. The van der Waals surface area contributed by atoms with Gasteiger partial charge in [-0.1, -0.05) is 48.0 Å². The zero-order chi connectivity index (χ0) is 21.3. The third kappa shape index (κ3) is 4.76. The van der Waals surface area contributed by atoms with E-state index in [9.17, 15) is 18.8 Å². The number of hydrogen-bond acceptors (Lipinski definition) is 4. The van der Waals surface area contributed by atoms with Crippen molar-refractivity contribution in [3.63, 3.8) is 0 Å². The number of rotatable bonds is 3. The second-order valence-electron chi connectivity index (χ2n) is 9.55. The molecular weight excluding hydrogens is 372 g/mol. The Morgan fingerprint density at radius 3 is 1.89 bits per heavy atom. The number of nitrogens with zero attached hydrogens (tertiary/aromatic N) is 2. The van der Waals surface area contributed by atoms with Crippen molar-refractivity contribution in [2.24, 2.45) is 0 Å². The average Bonchev–Trinajstić information content (AvgIpc) is 2.59. The molecule has 1 aliphatic rings. The minimum absolute atomic E-state index is 0.231. The second kappa shape index (κ2) is 7.88. The monoisotopic (exact) mass is 404 g/mol. The van der Waals surface area contributed by atoms with Gasteiger partial charge in [-0.05, 0) is 47.4 Å². The minimum Gasteiger partial charge on any atom is -0.507 e. The van der Waals surface area contributed by atoms with Crippen molar-refractivity contribution in [3.05, 3.63) is 33.7 Å². The van der Waals surface area contributed by atoms with Crippen LogP contribution in [0.4, 0.5) is 0 Å². The highest BCUT2D eigenvalue weighted by molar-refractivity contribution is 7.93. The van der Waals surface area contributed by atoms with Crippen molar-refractivity contribution >= 4 is 16.1 Å². The fourth-order valence-electron chi connectivity index (χ4n) is 3.44. The van der Waals surface area contributed by atoms with E-state index in [1.165, 1.54) is 10.4 Å². The minimum atomic E-state index is -3.81. The Labute approximate surface area is 169 Å². The molecule has 1 saturated heterocycles. The Bertz CT molecular complexity index is 870. The molecule has 0 aromatic heterocycles. The van der Waals surface area contributed by atoms with Crippen molar-refractivity contribution in [1.29, 1.82) is 5.26 Å². The summed E-state index contributed by atoms with van der Waals surface area (Å²) in [6, 6.07) is 5.46. The Balaban J connectivity index is 2.64. The maximum absolute atomic E-state index is 12.9. The van der Waals surface area contributed by atoms with Crippen LogP contribution < -0.4 is 0 Å². The first-order valence-corrected chi connectivity index (χ1v) is 11.2. The summed E-state index contributed by atoms with van der Waals surface area (Å²) in [5, 5.41) is 20.4. The molecule has 1 aliphatic heterocycles. The van der Waals surface area contributed by atoms with Gasteiger partial charge in [0.2, 0.25) is 0 Å². The molecule has 0 aliphatic carbocycles. The Hall–Kier alpha value is -1.84. The maximum Gasteiger partial charge on any atom is 0.253 e. The van der Waals surface area contributed by atoms with Crippen molar-refractivity contribution in [2.45, 2.75) is 71.6 Å². The zero-order valence-electron chi connectivity index (χ0n) is 17.8. The first-order valence-electron chi connectivity index (χ1n) is 9.78. The van der Waals surface area contributed by atoms with Crippen LogP contribution in [0.5, 0.6) is 5.75 Å². The smallest absolute Gasteiger partial charge is 0.253 e. The van der Waals surface area contributed by atoms with Gasteiger partial charge in [0.05, 0.1) is 0 Å². The number of benzene rings is 1. The van der Waals surface area contributed by atoms with Crippen LogP contribution >= 0.6 is 0 Å². The normalized spacial score (nSPS) is 17.4. The van der Waals surface area contributed by atoms with E-state index in [1.807, 2.05) is 47.6 Å². The van der Waals surface area contributed by atoms with E-state index in [-0.39, 0.29) is 21.5 Å². The van der Waals surface area contributed by atoms with E-state index >= 15 is 0 Å². The molecule has 154 valence electrons. The first kappa shape index (κ1) is 22.4. The molecule has 1 heterocycles. The van der Waals surface area contributed by atoms with Crippen molar-refractivity contribution in [2.75, 3.05) is 13.1 Å².